The minimum Gasteiger partial charge on any atom is -0.481 e. The van der Waals surface area contributed by atoms with Gasteiger partial charge in [-0.2, -0.15) is 0 Å². The average molecular weight is 293 g/mol. The van der Waals surface area contributed by atoms with Crippen LogP contribution in [0.15, 0.2) is 10.9 Å². The molecule has 0 radical (unpaired) electrons. The summed E-state index contributed by atoms with van der Waals surface area (Å²) in [5.41, 5.74) is -0.118. The first kappa shape index (κ1) is 15.5. The van der Waals surface area contributed by atoms with E-state index >= 15 is 0 Å². The molecule has 1 fully saturated rings. The van der Waals surface area contributed by atoms with Crippen molar-refractivity contribution >= 4 is 11.8 Å². The van der Waals surface area contributed by atoms with Gasteiger partial charge in [0.15, 0.2) is 0 Å². The Kier molecular flexibility index (Phi) is 5.36. The molecule has 0 bridgehead atoms. The average Bonchev–Trinajstić information content (AvgIpc) is 3.26. The minimum absolute atomic E-state index is 0.118. The van der Waals surface area contributed by atoms with Crippen molar-refractivity contribution in [1.29, 1.82) is 0 Å². The number of anilines is 1. The predicted molar refractivity (Wildman–Crippen MR) is 80.6 cm³/mol. The van der Waals surface area contributed by atoms with Crippen molar-refractivity contribution in [1.82, 2.24) is 9.97 Å². The summed E-state index contributed by atoms with van der Waals surface area (Å²) < 4.78 is 0. The Morgan fingerprint density at radius 3 is 2.90 bits per heavy atom. The minimum atomic E-state index is -0.744. The number of carboxylic acid groups (broad SMARTS) is 1. The fraction of sp³-hybridized carbons (Fsp3) is 0.667. The van der Waals surface area contributed by atoms with E-state index in [1.807, 2.05) is 0 Å². The molecule has 1 aromatic heterocycles. The monoisotopic (exact) mass is 293 g/mol. The van der Waals surface area contributed by atoms with E-state index in [1.54, 1.807) is 0 Å². The number of aromatic amines is 1. The van der Waals surface area contributed by atoms with Gasteiger partial charge in [0.1, 0.15) is 11.6 Å². The maximum Gasteiger partial charge on any atom is 0.303 e. The van der Waals surface area contributed by atoms with Crippen LogP contribution in [0.1, 0.15) is 57.2 Å². The van der Waals surface area contributed by atoms with Gasteiger partial charge in [-0.05, 0) is 31.6 Å². The molecule has 3 N–H and O–H groups in total. The molecule has 1 heterocycles. The van der Waals surface area contributed by atoms with Gasteiger partial charge in [-0.15, -0.1) is 0 Å². The number of nitrogens with one attached hydrogen (secondary N) is 2. The Balaban J connectivity index is 1.82. The van der Waals surface area contributed by atoms with Gasteiger partial charge in [0, 0.05) is 24.9 Å². The lowest BCUT2D eigenvalue weighted by Crippen LogP contribution is -2.15. The van der Waals surface area contributed by atoms with Crippen molar-refractivity contribution in [2.24, 2.45) is 5.92 Å². The van der Waals surface area contributed by atoms with Crippen LogP contribution in [0.25, 0.3) is 0 Å². The Hall–Kier alpha value is -1.85. The van der Waals surface area contributed by atoms with E-state index in [0.717, 1.165) is 31.5 Å². The molecule has 0 saturated heterocycles. The van der Waals surface area contributed by atoms with E-state index in [4.69, 9.17) is 5.11 Å². The molecule has 1 atom stereocenters. The van der Waals surface area contributed by atoms with Crippen LogP contribution in [0.3, 0.4) is 0 Å². The van der Waals surface area contributed by atoms with E-state index in [0.29, 0.717) is 30.6 Å². The summed E-state index contributed by atoms with van der Waals surface area (Å²) in [6.45, 7) is 2.78. The van der Waals surface area contributed by atoms with Gasteiger partial charge in [-0.3, -0.25) is 9.59 Å². The molecule has 2 rings (SSSR count). The van der Waals surface area contributed by atoms with Gasteiger partial charge in [0.2, 0.25) is 0 Å². The number of carboxylic acids is 1. The van der Waals surface area contributed by atoms with Gasteiger partial charge in [-0.25, -0.2) is 4.98 Å². The van der Waals surface area contributed by atoms with Crippen LogP contribution in [0, 0.1) is 5.92 Å². The quantitative estimate of drug-likeness (QED) is 0.649. The molecule has 1 aromatic rings. The summed E-state index contributed by atoms with van der Waals surface area (Å²) in [5.74, 6) is 1.46. The van der Waals surface area contributed by atoms with Crippen molar-refractivity contribution in [3.05, 3.63) is 22.2 Å². The van der Waals surface area contributed by atoms with Crippen molar-refractivity contribution < 1.29 is 9.90 Å². The van der Waals surface area contributed by atoms with Crippen LogP contribution in [-0.4, -0.2) is 27.6 Å². The van der Waals surface area contributed by atoms with Crippen LogP contribution < -0.4 is 10.9 Å². The molecule has 21 heavy (non-hydrogen) atoms. The highest BCUT2D eigenvalue weighted by Gasteiger charge is 2.26. The summed E-state index contributed by atoms with van der Waals surface area (Å²) in [4.78, 5) is 29.4. The molecule has 6 heteroatoms. The standard InChI is InChI=1S/C15H23N3O3/c1-2-10(3-6-14(20)21)7-8-16-12-9-13(19)18-15(17-12)11-4-5-11/h9-11H,2-8H2,1H3,(H,20,21)(H2,16,17,18,19). The van der Waals surface area contributed by atoms with Crippen molar-refractivity contribution in [2.75, 3.05) is 11.9 Å². The maximum absolute atomic E-state index is 11.6. The van der Waals surface area contributed by atoms with E-state index in [1.165, 1.54) is 6.07 Å². The topological polar surface area (TPSA) is 95.1 Å². The summed E-state index contributed by atoms with van der Waals surface area (Å²) >= 11 is 0. The Morgan fingerprint density at radius 2 is 2.29 bits per heavy atom. The molecular weight excluding hydrogens is 270 g/mol. The van der Waals surface area contributed by atoms with E-state index in [2.05, 4.69) is 22.2 Å². The van der Waals surface area contributed by atoms with Gasteiger partial charge in [-0.1, -0.05) is 13.3 Å². The largest absolute Gasteiger partial charge is 0.481 e. The number of H-pyrrole nitrogens is 1. The number of carbonyl (C=O) groups is 1. The zero-order valence-electron chi connectivity index (χ0n) is 12.4. The third kappa shape index (κ3) is 5.21. The third-order valence-corrected chi connectivity index (χ3v) is 3.93. The molecule has 0 spiro atoms. The smallest absolute Gasteiger partial charge is 0.303 e. The molecule has 1 aliphatic rings. The predicted octanol–water partition coefficient (Wildman–Crippen LogP) is 2.34. The lowest BCUT2D eigenvalue weighted by atomic mass is 9.97. The highest BCUT2D eigenvalue weighted by atomic mass is 16.4. The number of rotatable bonds is 9. The number of aliphatic carboxylic acids is 1. The highest BCUT2D eigenvalue weighted by molar-refractivity contribution is 5.66. The molecule has 0 aromatic carbocycles. The molecule has 6 nitrogen and oxygen atoms in total. The van der Waals surface area contributed by atoms with Crippen LogP contribution in [0.2, 0.25) is 0 Å². The molecule has 0 amide bonds. The third-order valence-electron chi connectivity index (χ3n) is 3.93. The zero-order valence-corrected chi connectivity index (χ0v) is 12.4. The Labute approximate surface area is 124 Å². The first-order valence-corrected chi connectivity index (χ1v) is 7.65. The van der Waals surface area contributed by atoms with Gasteiger partial charge < -0.3 is 15.4 Å². The van der Waals surface area contributed by atoms with Crippen molar-refractivity contribution in [3.8, 4) is 0 Å². The van der Waals surface area contributed by atoms with Crippen molar-refractivity contribution in [3.63, 3.8) is 0 Å². The maximum atomic E-state index is 11.6. The summed E-state index contributed by atoms with van der Waals surface area (Å²) in [7, 11) is 0. The number of hydrogen-bond acceptors (Lipinski definition) is 4. The van der Waals surface area contributed by atoms with Crippen LogP contribution in [0.5, 0.6) is 0 Å². The number of hydrogen-bond donors (Lipinski definition) is 3. The normalized spacial score (nSPS) is 15.7. The highest BCUT2D eigenvalue weighted by Crippen LogP contribution is 2.37. The molecule has 0 aliphatic heterocycles. The van der Waals surface area contributed by atoms with E-state index in [-0.39, 0.29) is 12.0 Å². The molecule has 1 saturated carbocycles. The second kappa shape index (κ2) is 7.24. The fourth-order valence-electron chi connectivity index (χ4n) is 2.40. The van der Waals surface area contributed by atoms with Crippen LogP contribution >= 0.6 is 0 Å². The Morgan fingerprint density at radius 1 is 1.52 bits per heavy atom. The number of aromatic nitrogens is 2. The lowest BCUT2D eigenvalue weighted by molar-refractivity contribution is -0.137. The molecule has 1 unspecified atom stereocenters. The van der Waals surface area contributed by atoms with Crippen LogP contribution in [-0.2, 0) is 4.79 Å². The van der Waals surface area contributed by atoms with Gasteiger partial charge in [0.05, 0.1) is 0 Å². The summed E-state index contributed by atoms with van der Waals surface area (Å²) in [6.07, 6.45) is 4.96. The second-order valence-corrected chi connectivity index (χ2v) is 5.71. The molecule has 1 aliphatic carbocycles. The second-order valence-electron chi connectivity index (χ2n) is 5.71. The van der Waals surface area contributed by atoms with Gasteiger partial charge in [0.25, 0.3) is 5.56 Å². The first-order valence-electron chi connectivity index (χ1n) is 7.65. The van der Waals surface area contributed by atoms with E-state index in [9.17, 15) is 9.59 Å². The SMILES string of the molecule is CCC(CCNc1cc(=O)[nH]c(C2CC2)n1)CCC(=O)O. The van der Waals surface area contributed by atoms with Crippen LogP contribution in [0.4, 0.5) is 5.82 Å². The summed E-state index contributed by atoms with van der Waals surface area (Å²) in [5, 5.41) is 11.9. The Bertz CT molecular complexity index is 537. The lowest BCUT2D eigenvalue weighted by Gasteiger charge is -2.14. The number of nitrogens with zero attached hydrogens (tertiary/aromatic N) is 1. The molecular formula is C15H23N3O3. The zero-order chi connectivity index (χ0) is 15.2. The fourth-order valence-corrected chi connectivity index (χ4v) is 2.40. The van der Waals surface area contributed by atoms with Gasteiger partial charge >= 0.3 is 5.97 Å². The first-order chi connectivity index (χ1) is 10.1. The van der Waals surface area contributed by atoms with E-state index < -0.39 is 5.97 Å². The van der Waals surface area contributed by atoms with Crippen molar-refractivity contribution in [2.45, 2.75) is 51.4 Å². The molecule has 116 valence electrons. The summed E-state index contributed by atoms with van der Waals surface area (Å²) in [6, 6.07) is 1.48.